The molecule has 1 aromatic carbocycles. The molecule has 1 atom stereocenters. The maximum absolute atomic E-state index is 12.1. The lowest BCUT2D eigenvalue weighted by Gasteiger charge is -2.17. The molecule has 0 radical (unpaired) electrons. The van der Waals surface area contributed by atoms with E-state index in [4.69, 9.17) is 11.6 Å². The maximum atomic E-state index is 12.1. The van der Waals surface area contributed by atoms with E-state index in [1.807, 2.05) is 0 Å². The number of hydrogen-bond donors (Lipinski definition) is 2. The van der Waals surface area contributed by atoms with Crippen LogP contribution in [0.25, 0.3) is 0 Å². The van der Waals surface area contributed by atoms with Gasteiger partial charge in [-0.15, -0.1) is 0 Å². The number of halogens is 1. The van der Waals surface area contributed by atoms with Crippen molar-refractivity contribution < 1.29 is 9.90 Å². The molecule has 2 N–H and O–H groups in total. The van der Waals surface area contributed by atoms with Crippen LogP contribution in [0.15, 0.2) is 18.2 Å². The number of aromatic hydroxyl groups is 1. The van der Waals surface area contributed by atoms with Gasteiger partial charge >= 0.3 is 0 Å². The summed E-state index contributed by atoms with van der Waals surface area (Å²) in [6.45, 7) is 2.07. The normalized spacial score (nSPS) is 16.3. The molecule has 1 amide bonds. The van der Waals surface area contributed by atoms with E-state index >= 15 is 0 Å². The van der Waals surface area contributed by atoms with Crippen LogP contribution in [0.5, 0.6) is 5.75 Å². The number of hydrogen-bond acceptors (Lipinski definition) is 2. The van der Waals surface area contributed by atoms with Crippen molar-refractivity contribution >= 4 is 17.5 Å². The Balaban J connectivity index is 2.02. The van der Waals surface area contributed by atoms with Crippen LogP contribution >= 0.6 is 11.6 Å². The zero-order valence-electron chi connectivity index (χ0n) is 10.4. The number of rotatable bonds is 5. The van der Waals surface area contributed by atoms with Crippen LogP contribution < -0.4 is 5.32 Å². The lowest BCUT2D eigenvalue weighted by Crippen LogP contribution is -2.34. The number of phenols is 1. The molecule has 4 heteroatoms. The van der Waals surface area contributed by atoms with E-state index < -0.39 is 0 Å². The minimum absolute atomic E-state index is 0.0554. The Morgan fingerprint density at radius 3 is 2.89 bits per heavy atom. The van der Waals surface area contributed by atoms with Crippen molar-refractivity contribution in [3.63, 3.8) is 0 Å². The van der Waals surface area contributed by atoms with Crippen LogP contribution in [0.4, 0.5) is 0 Å². The Kier molecular flexibility index (Phi) is 4.12. The van der Waals surface area contributed by atoms with Crippen LogP contribution in [0.1, 0.15) is 43.0 Å². The van der Waals surface area contributed by atoms with Crippen LogP contribution in [0.2, 0.25) is 5.02 Å². The van der Waals surface area contributed by atoms with E-state index in [1.165, 1.54) is 31.0 Å². The number of carbonyl (C=O) groups is 1. The fourth-order valence-corrected chi connectivity index (χ4v) is 2.24. The highest BCUT2D eigenvalue weighted by atomic mass is 35.5. The van der Waals surface area contributed by atoms with Crippen molar-refractivity contribution in [1.82, 2.24) is 5.32 Å². The highest BCUT2D eigenvalue weighted by Crippen LogP contribution is 2.34. The fourth-order valence-electron chi connectivity index (χ4n) is 2.03. The van der Waals surface area contributed by atoms with Gasteiger partial charge in [-0.25, -0.2) is 0 Å². The van der Waals surface area contributed by atoms with E-state index in [9.17, 15) is 9.90 Å². The number of nitrogens with one attached hydrogen (secondary N) is 1. The molecule has 0 aliphatic heterocycles. The summed E-state index contributed by atoms with van der Waals surface area (Å²) in [5.74, 6) is 0.623. The summed E-state index contributed by atoms with van der Waals surface area (Å²) >= 11 is 5.96. The zero-order valence-corrected chi connectivity index (χ0v) is 11.2. The molecule has 1 fully saturated rings. The van der Waals surface area contributed by atoms with E-state index in [0.717, 1.165) is 18.8 Å². The molecule has 1 unspecified atom stereocenters. The van der Waals surface area contributed by atoms with Gasteiger partial charge in [-0.05, 0) is 37.0 Å². The molecule has 2 rings (SSSR count). The molecule has 3 nitrogen and oxygen atoms in total. The van der Waals surface area contributed by atoms with Gasteiger partial charge in [0.2, 0.25) is 0 Å². The van der Waals surface area contributed by atoms with Crippen molar-refractivity contribution in [2.45, 2.75) is 38.6 Å². The molecule has 1 aliphatic rings. The van der Waals surface area contributed by atoms with Gasteiger partial charge in [0.25, 0.3) is 5.91 Å². The first-order valence-electron chi connectivity index (χ1n) is 6.39. The molecule has 1 saturated carbocycles. The topological polar surface area (TPSA) is 49.3 Å². The highest BCUT2D eigenvalue weighted by Gasteiger charge is 2.26. The minimum atomic E-state index is -0.205. The molecule has 0 saturated heterocycles. The molecule has 18 heavy (non-hydrogen) atoms. The second-order valence-electron chi connectivity index (χ2n) is 4.92. The monoisotopic (exact) mass is 267 g/mol. The first-order valence-corrected chi connectivity index (χ1v) is 6.77. The van der Waals surface area contributed by atoms with Gasteiger partial charge in [0.15, 0.2) is 0 Å². The lowest BCUT2D eigenvalue weighted by molar-refractivity contribution is 0.0932. The van der Waals surface area contributed by atoms with Crippen LogP contribution in [-0.2, 0) is 0 Å². The van der Waals surface area contributed by atoms with Crippen LogP contribution in [-0.4, -0.2) is 17.1 Å². The third-order valence-corrected chi connectivity index (χ3v) is 3.67. The van der Waals surface area contributed by atoms with Crippen molar-refractivity contribution in [1.29, 1.82) is 0 Å². The van der Waals surface area contributed by atoms with Crippen LogP contribution in [0.3, 0.4) is 0 Å². The largest absolute Gasteiger partial charge is 0.508 e. The molecule has 0 heterocycles. The Bertz CT molecular complexity index is 443. The average Bonchev–Trinajstić information content (AvgIpc) is 3.15. The minimum Gasteiger partial charge on any atom is -0.508 e. The number of benzene rings is 1. The third kappa shape index (κ3) is 3.39. The summed E-state index contributed by atoms with van der Waals surface area (Å²) < 4.78 is 0. The predicted molar refractivity (Wildman–Crippen MR) is 72.0 cm³/mol. The predicted octanol–water partition coefficient (Wildman–Crippen LogP) is 3.35. The standard InChI is InChI=1S/C14H18ClNO2/c1-2-10(7-9-3-4-9)16-14(18)12-8-11(17)5-6-13(12)15/h5-6,8-10,17H,2-4,7H2,1H3,(H,16,18). The lowest BCUT2D eigenvalue weighted by atomic mass is 10.1. The third-order valence-electron chi connectivity index (χ3n) is 3.34. The van der Waals surface area contributed by atoms with Gasteiger partial charge < -0.3 is 10.4 Å². The first-order chi connectivity index (χ1) is 8.60. The van der Waals surface area contributed by atoms with Crippen molar-refractivity contribution in [2.75, 3.05) is 0 Å². The first kappa shape index (κ1) is 13.2. The van der Waals surface area contributed by atoms with Gasteiger partial charge in [-0.1, -0.05) is 31.4 Å². The summed E-state index contributed by atoms with van der Waals surface area (Å²) in [4.78, 5) is 12.1. The number of amides is 1. The maximum Gasteiger partial charge on any atom is 0.253 e. The molecule has 0 bridgehead atoms. The summed E-state index contributed by atoms with van der Waals surface area (Å²) in [6, 6.07) is 4.61. The summed E-state index contributed by atoms with van der Waals surface area (Å²) in [5, 5.41) is 12.7. The fraction of sp³-hybridized carbons (Fsp3) is 0.500. The van der Waals surface area contributed by atoms with Gasteiger partial charge in [0.1, 0.15) is 5.75 Å². The van der Waals surface area contributed by atoms with Gasteiger partial charge in [-0.2, -0.15) is 0 Å². The molecule has 1 aromatic rings. The molecule has 1 aliphatic carbocycles. The van der Waals surface area contributed by atoms with E-state index in [-0.39, 0.29) is 17.7 Å². The molecule has 0 spiro atoms. The quantitative estimate of drug-likeness (QED) is 0.859. The Hall–Kier alpha value is -1.22. The van der Waals surface area contributed by atoms with Crippen LogP contribution in [0, 0.1) is 5.92 Å². The average molecular weight is 268 g/mol. The zero-order chi connectivity index (χ0) is 13.1. The van der Waals surface area contributed by atoms with Gasteiger partial charge in [0, 0.05) is 6.04 Å². The van der Waals surface area contributed by atoms with E-state index in [2.05, 4.69) is 12.2 Å². The van der Waals surface area contributed by atoms with Gasteiger partial charge in [-0.3, -0.25) is 4.79 Å². The molecule has 0 aromatic heterocycles. The van der Waals surface area contributed by atoms with E-state index in [1.54, 1.807) is 0 Å². The molecule has 98 valence electrons. The Labute approximate surface area is 112 Å². The molecular formula is C14H18ClNO2. The number of phenolic OH excluding ortho intramolecular Hbond substituents is 1. The smallest absolute Gasteiger partial charge is 0.253 e. The van der Waals surface area contributed by atoms with Crippen molar-refractivity contribution in [3.8, 4) is 5.75 Å². The molecular weight excluding hydrogens is 250 g/mol. The van der Waals surface area contributed by atoms with E-state index in [0.29, 0.717) is 10.6 Å². The summed E-state index contributed by atoms with van der Waals surface area (Å²) in [7, 11) is 0. The summed E-state index contributed by atoms with van der Waals surface area (Å²) in [5.41, 5.74) is 0.339. The summed E-state index contributed by atoms with van der Waals surface area (Å²) in [6.07, 6.45) is 4.51. The second kappa shape index (κ2) is 5.61. The van der Waals surface area contributed by atoms with Crippen molar-refractivity contribution in [2.24, 2.45) is 5.92 Å². The SMILES string of the molecule is CCC(CC1CC1)NC(=O)c1cc(O)ccc1Cl. The number of carbonyl (C=O) groups excluding carboxylic acids is 1. The van der Waals surface area contributed by atoms with Crippen molar-refractivity contribution in [3.05, 3.63) is 28.8 Å². The van der Waals surface area contributed by atoms with Gasteiger partial charge in [0.05, 0.1) is 10.6 Å². The second-order valence-corrected chi connectivity index (χ2v) is 5.33. The highest BCUT2D eigenvalue weighted by molar-refractivity contribution is 6.33. The Morgan fingerprint density at radius 2 is 2.28 bits per heavy atom. The Morgan fingerprint density at radius 1 is 1.56 bits per heavy atom.